The molecule has 5 nitrogen and oxygen atoms in total. The van der Waals surface area contributed by atoms with Crippen LogP contribution in [0.25, 0.3) is 0 Å². The third-order valence-electron chi connectivity index (χ3n) is 3.17. The molecule has 1 aromatic rings. The second kappa shape index (κ2) is 6.06. The summed E-state index contributed by atoms with van der Waals surface area (Å²) in [6.07, 6.45) is 0.531. The Bertz CT molecular complexity index is 497. The highest BCUT2D eigenvalue weighted by Crippen LogP contribution is 2.24. The number of nitrogens with one attached hydrogen (secondary N) is 1. The van der Waals surface area contributed by atoms with E-state index in [0.29, 0.717) is 4.47 Å². The standard InChI is InChI=1S/C13H16BrNO4/c1-3-13(4-2,12(18)19)15-11(17)9-6-5-8(14)7-10(9)16/h5-7,16H,3-4H2,1-2H3,(H,15,17)(H,18,19). The van der Waals surface area contributed by atoms with Crippen molar-refractivity contribution in [2.45, 2.75) is 32.2 Å². The maximum absolute atomic E-state index is 12.1. The quantitative estimate of drug-likeness (QED) is 0.774. The number of phenolic OH excluding ortho intramolecular Hbond substituents is 1. The number of carbonyl (C=O) groups is 2. The number of rotatable bonds is 5. The van der Waals surface area contributed by atoms with Gasteiger partial charge in [0, 0.05) is 4.47 Å². The predicted octanol–water partition coefficient (Wildman–Crippen LogP) is 2.53. The van der Waals surface area contributed by atoms with Crippen molar-refractivity contribution in [3.05, 3.63) is 28.2 Å². The number of carboxylic acids is 1. The molecule has 0 saturated carbocycles. The van der Waals surface area contributed by atoms with Gasteiger partial charge in [0.15, 0.2) is 0 Å². The molecule has 6 heteroatoms. The number of amides is 1. The maximum Gasteiger partial charge on any atom is 0.329 e. The molecule has 1 rings (SSSR count). The van der Waals surface area contributed by atoms with Gasteiger partial charge in [-0.1, -0.05) is 29.8 Å². The van der Waals surface area contributed by atoms with Crippen LogP contribution in [0.15, 0.2) is 22.7 Å². The number of aliphatic carboxylic acids is 1. The van der Waals surface area contributed by atoms with Gasteiger partial charge in [0.05, 0.1) is 5.56 Å². The molecule has 0 aliphatic rings. The van der Waals surface area contributed by atoms with E-state index in [-0.39, 0.29) is 24.2 Å². The molecule has 0 atom stereocenters. The largest absolute Gasteiger partial charge is 0.507 e. The summed E-state index contributed by atoms with van der Waals surface area (Å²) >= 11 is 3.17. The van der Waals surface area contributed by atoms with Gasteiger partial charge >= 0.3 is 5.97 Å². The molecule has 0 aromatic heterocycles. The first-order valence-corrected chi connectivity index (χ1v) is 6.70. The fourth-order valence-corrected chi connectivity index (χ4v) is 2.11. The van der Waals surface area contributed by atoms with Gasteiger partial charge in [-0.2, -0.15) is 0 Å². The van der Waals surface area contributed by atoms with E-state index in [9.17, 15) is 19.8 Å². The number of aromatic hydroxyl groups is 1. The van der Waals surface area contributed by atoms with Crippen LogP contribution in [0.5, 0.6) is 5.75 Å². The number of phenols is 1. The minimum atomic E-state index is -1.31. The van der Waals surface area contributed by atoms with Crippen LogP contribution in [-0.2, 0) is 4.79 Å². The summed E-state index contributed by atoms with van der Waals surface area (Å²) < 4.78 is 0.636. The number of carboxylic acid groups (broad SMARTS) is 1. The molecule has 1 amide bonds. The van der Waals surface area contributed by atoms with Crippen molar-refractivity contribution >= 4 is 27.8 Å². The average molecular weight is 330 g/mol. The molecule has 19 heavy (non-hydrogen) atoms. The summed E-state index contributed by atoms with van der Waals surface area (Å²) in [5, 5.41) is 21.4. The number of hydrogen-bond acceptors (Lipinski definition) is 3. The smallest absolute Gasteiger partial charge is 0.329 e. The van der Waals surface area contributed by atoms with Crippen LogP contribution in [0.2, 0.25) is 0 Å². The van der Waals surface area contributed by atoms with Crippen molar-refractivity contribution < 1.29 is 19.8 Å². The highest BCUT2D eigenvalue weighted by atomic mass is 79.9. The Balaban J connectivity index is 3.04. The topological polar surface area (TPSA) is 86.6 Å². The Labute approximate surface area is 119 Å². The van der Waals surface area contributed by atoms with Gasteiger partial charge in [-0.05, 0) is 31.0 Å². The van der Waals surface area contributed by atoms with Gasteiger partial charge in [0.25, 0.3) is 5.91 Å². The van der Waals surface area contributed by atoms with Gasteiger partial charge in [-0.3, -0.25) is 4.79 Å². The molecule has 0 radical (unpaired) electrons. The summed E-state index contributed by atoms with van der Waals surface area (Å²) in [6.45, 7) is 3.39. The number of hydrogen-bond donors (Lipinski definition) is 3. The van der Waals surface area contributed by atoms with E-state index >= 15 is 0 Å². The first-order chi connectivity index (χ1) is 8.86. The van der Waals surface area contributed by atoms with E-state index in [1.54, 1.807) is 19.9 Å². The average Bonchev–Trinajstić information content (AvgIpc) is 2.35. The van der Waals surface area contributed by atoms with Crippen LogP contribution in [0.4, 0.5) is 0 Å². The molecule has 0 spiro atoms. The highest BCUT2D eigenvalue weighted by Gasteiger charge is 2.36. The molecule has 1 aromatic carbocycles. The number of carbonyl (C=O) groups excluding carboxylic acids is 1. The highest BCUT2D eigenvalue weighted by molar-refractivity contribution is 9.10. The van der Waals surface area contributed by atoms with E-state index in [4.69, 9.17) is 0 Å². The first-order valence-electron chi connectivity index (χ1n) is 5.90. The lowest BCUT2D eigenvalue weighted by molar-refractivity contribution is -0.144. The Morgan fingerprint density at radius 3 is 2.32 bits per heavy atom. The zero-order valence-electron chi connectivity index (χ0n) is 10.7. The van der Waals surface area contributed by atoms with Crippen molar-refractivity contribution in [3.8, 4) is 5.75 Å². The third-order valence-corrected chi connectivity index (χ3v) is 3.67. The minimum absolute atomic E-state index is 0.0516. The van der Waals surface area contributed by atoms with Crippen molar-refractivity contribution in [2.24, 2.45) is 0 Å². The molecule has 104 valence electrons. The van der Waals surface area contributed by atoms with Crippen LogP contribution >= 0.6 is 15.9 Å². The molecular formula is C13H16BrNO4. The molecule has 0 fully saturated rings. The molecule has 0 bridgehead atoms. The molecule has 0 aliphatic carbocycles. The maximum atomic E-state index is 12.1. The minimum Gasteiger partial charge on any atom is -0.507 e. The lowest BCUT2D eigenvalue weighted by atomic mass is 9.92. The zero-order chi connectivity index (χ0) is 14.6. The monoisotopic (exact) mass is 329 g/mol. The molecule has 0 aliphatic heterocycles. The Kier molecular flexibility index (Phi) is 4.94. The fraction of sp³-hybridized carbons (Fsp3) is 0.385. The van der Waals surface area contributed by atoms with E-state index < -0.39 is 17.4 Å². The van der Waals surface area contributed by atoms with Crippen molar-refractivity contribution in [2.75, 3.05) is 0 Å². The van der Waals surface area contributed by atoms with E-state index in [1.165, 1.54) is 12.1 Å². The summed E-state index contributed by atoms with van der Waals surface area (Å²) in [7, 11) is 0. The van der Waals surface area contributed by atoms with Crippen molar-refractivity contribution in [1.82, 2.24) is 5.32 Å². The summed E-state index contributed by atoms with van der Waals surface area (Å²) in [5.41, 5.74) is -1.26. The molecule has 0 heterocycles. The third kappa shape index (κ3) is 3.26. The number of halogens is 1. The molecular weight excluding hydrogens is 314 g/mol. The zero-order valence-corrected chi connectivity index (χ0v) is 12.3. The number of benzene rings is 1. The van der Waals surface area contributed by atoms with Gasteiger partial charge in [0.1, 0.15) is 11.3 Å². The summed E-state index contributed by atoms with van der Waals surface area (Å²) in [6, 6.07) is 4.43. The molecule has 0 saturated heterocycles. The van der Waals surface area contributed by atoms with Gasteiger partial charge < -0.3 is 15.5 Å². The van der Waals surface area contributed by atoms with Gasteiger partial charge in [0.2, 0.25) is 0 Å². The molecule has 0 unspecified atom stereocenters. The Morgan fingerprint density at radius 1 is 1.32 bits per heavy atom. The van der Waals surface area contributed by atoms with Crippen LogP contribution in [0, 0.1) is 0 Å². The Hall–Kier alpha value is -1.56. The predicted molar refractivity (Wildman–Crippen MR) is 74.2 cm³/mol. The van der Waals surface area contributed by atoms with E-state index in [1.807, 2.05) is 0 Å². The summed E-state index contributed by atoms with van der Waals surface area (Å²) in [5.74, 6) is -1.88. The lowest BCUT2D eigenvalue weighted by Crippen LogP contribution is -2.53. The Morgan fingerprint density at radius 2 is 1.89 bits per heavy atom. The second-order valence-electron chi connectivity index (χ2n) is 4.21. The van der Waals surface area contributed by atoms with E-state index in [2.05, 4.69) is 21.2 Å². The van der Waals surface area contributed by atoms with Gasteiger partial charge in [-0.15, -0.1) is 0 Å². The second-order valence-corrected chi connectivity index (χ2v) is 5.13. The normalized spacial score (nSPS) is 11.1. The van der Waals surface area contributed by atoms with Crippen LogP contribution in [0.3, 0.4) is 0 Å². The lowest BCUT2D eigenvalue weighted by Gasteiger charge is -2.28. The summed E-state index contributed by atoms with van der Waals surface area (Å²) in [4.78, 5) is 23.4. The van der Waals surface area contributed by atoms with Gasteiger partial charge in [-0.25, -0.2) is 4.79 Å². The fourth-order valence-electron chi connectivity index (χ4n) is 1.76. The van der Waals surface area contributed by atoms with Crippen molar-refractivity contribution in [3.63, 3.8) is 0 Å². The molecule has 3 N–H and O–H groups in total. The van der Waals surface area contributed by atoms with Crippen LogP contribution in [-0.4, -0.2) is 27.6 Å². The first kappa shape index (κ1) is 15.5. The van der Waals surface area contributed by atoms with E-state index in [0.717, 1.165) is 0 Å². The van der Waals surface area contributed by atoms with Crippen molar-refractivity contribution in [1.29, 1.82) is 0 Å². The van der Waals surface area contributed by atoms with Crippen LogP contribution in [0.1, 0.15) is 37.0 Å². The SMILES string of the molecule is CCC(CC)(NC(=O)c1ccc(Br)cc1O)C(=O)O. The van der Waals surface area contributed by atoms with Crippen LogP contribution < -0.4 is 5.32 Å².